The van der Waals surface area contributed by atoms with Gasteiger partial charge in [0.05, 0.1) is 24.2 Å². The van der Waals surface area contributed by atoms with E-state index in [-0.39, 0.29) is 18.2 Å². The highest BCUT2D eigenvalue weighted by Gasteiger charge is 2.22. The summed E-state index contributed by atoms with van der Waals surface area (Å²) >= 11 is 1.20. The summed E-state index contributed by atoms with van der Waals surface area (Å²) in [5, 5.41) is 11.5. The summed E-state index contributed by atoms with van der Waals surface area (Å²) in [5.74, 6) is -0.125. The molecule has 32 heavy (non-hydrogen) atoms. The molecule has 0 fully saturated rings. The van der Waals surface area contributed by atoms with E-state index < -0.39 is 15.8 Å². The maximum atomic E-state index is 13.2. The molecule has 3 aromatic rings. The van der Waals surface area contributed by atoms with Gasteiger partial charge in [0.1, 0.15) is 5.82 Å². The monoisotopic (exact) mass is 477 g/mol. The standard InChI is InChI=1S/C21H24FN5O3S2/c1-4-15-7-5-6-8-18(15)23-20(28)14-31-21-25-24-19(26(21)2)13-27(32(3,29)30)17-11-9-16(22)10-12-17/h5-12H,4,13-14H2,1-3H3,(H,23,28). The number of carbonyl (C=O) groups excluding carboxylic acids is 1. The second-order valence-corrected chi connectivity index (χ2v) is 9.90. The number of aromatic nitrogens is 3. The second-order valence-electron chi connectivity index (χ2n) is 7.05. The molecule has 2 aromatic carbocycles. The number of hydrogen-bond donors (Lipinski definition) is 1. The van der Waals surface area contributed by atoms with Crippen LogP contribution in [0.15, 0.2) is 53.7 Å². The molecule has 170 valence electrons. The number of aryl methyl sites for hydroxylation is 1. The van der Waals surface area contributed by atoms with E-state index in [0.29, 0.717) is 16.7 Å². The summed E-state index contributed by atoms with van der Waals surface area (Å²) in [4.78, 5) is 12.4. The first-order valence-corrected chi connectivity index (χ1v) is 12.6. The molecule has 0 aliphatic carbocycles. The Morgan fingerprint density at radius 1 is 1.16 bits per heavy atom. The quantitative estimate of drug-likeness (QED) is 0.476. The number of hydrogen-bond acceptors (Lipinski definition) is 6. The highest BCUT2D eigenvalue weighted by molar-refractivity contribution is 7.99. The average Bonchev–Trinajstić information content (AvgIpc) is 3.10. The lowest BCUT2D eigenvalue weighted by Crippen LogP contribution is -2.30. The average molecular weight is 478 g/mol. The molecule has 1 amide bonds. The summed E-state index contributed by atoms with van der Waals surface area (Å²) in [5.41, 5.74) is 2.15. The lowest BCUT2D eigenvalue weighted by atomic mass is 10.1. The Kier molecular flexibility index (Phi) is 7.52. The molecule has 0 unspecified atom stereocenters. The van der Waals surface area contributed by atoms with Crippen LogP contribution < -0.4 is 9.62 Å². The van der Waals surface area contributed by atoms with Gasteiger partial charge in [0.15, 0.2) is 11.0 Å². The van der Waals surface area contributed by atoms with Crippen LogP contribution in [0.1, 0.15) is 18.3 Å². The fraction of sp³-hybridized carbons (Fsp3) is 0.286. The van der Waals surface area contributed by atoms with Gasteiger partial charge in [-0.1, -0.05) is 36.9 Å². The fourth-order valence-corrected chi connectivity index (χ4v) is 4.60. The number of thioether (sulfide) groups is 1. The van der Waals surface area contributed by atoms with Crippen LogP contribution in [0.2, 0.25) is 0 Å². The number of para-hydroxylation sites is 1. The highest BCUT2D eigenvalue weighted by atomic mass is 32.2. The Bertz CT molecular complexity index is 1200. The van der Waals surface area contributed by atoms with Gasteiger partial charge < -0.3 is 9.88 Å². The Morgan fingerprint density at radius 3 is 2.50 bits per heavy atom. The third kappa shape index (κ3) is 5.86. The molecule has 0 aliphatic rings. The summed E-state index contributed by atoms with van der Waals surface area (Å²) in [6.45, 7) is 1.94. The zero-order chi connectivity index (χ0) is 23.3. The summed E-state index contributed by atoms with van der Waals surface area (Å²) < 4.78 is 40.6. The third-order valence-corrected chi connectivity index (χ3v) is 6.89. The van der Waals surface area contributed by atoms with Crippen molar-refractivity contribution in [3.63, 3.8) is 0 Å². The van der Waals surface area contributed by atoms with E-state index in [9.17, 15) is 17.6 Å². The van der Waals surface area contributed by atoms with Gasteiger partial charge >= 0.3 is 0 Å². The minimum atomic E-state index is -3.64. The van der Waals surface area contributed by atoms with Crippen LogP contribution in [0.3, 0.4) is 0 Å². The van der Waals surface area contributed by atoms with Crippen molar-refractivity contribution in [2.45, 2.75) is 25.0 Å². The predicted octanol–water partition coefficient (Wildman–Crippen LogP) is 3.21. The highest BCUT2D eigenvalue weighted by Crippen LogP contribution is 2.23. The van der Waals surface area contributed by atoms with E-state index in [2.05, 4.69) is 15.5 Å². The number of anilines is 2. The topological polar surface area (TPSA) is 97.2 Å². The molecule has 0 atom stereocenters. The second kappa shape index (κ2) is 10.1. The van der Waals surface area contributed by atoms with Crippen LogP contribution in [-0.4, -0.2) is 41.1 Å². The van der Waals surface area contributed by atoms with Crippen LogP contribution in [-0.2, 0) is 34.8 Å². The Hall–Kier alpha value is -2.92. The molecule has 8 nitrogen and oxygen atoms in total. The number of benzene rings is 2. The van der Waals surface area contributed by atoms with Crippen molar-refractivity contribution < 1.29 is 17.6 Å². The van der Waals surface area contributed by atoms with Crippen LogP contribution in [0, 0.1) is 5.82 Å². The molecule has 0 aliphatic heterocycles. The first kappa shape index (κ1) is 23.7. The molecule has 0 bridgehead atoms. The van der Waals surface area contributed by atoms with Gasteiger partial charge in [-0.25, -0.2) is 12.8 Å². The molecular formula is C21H24FN5O3S2. The largest absolute Gasteiger partial charge is 0.325 e. The minimum absolute atomic E-state index is 0.0788. The molecule has 0 radical (unpaired) electrons. The van der Waals surface area contributed by atoms with Crippen LogP contribution in [0.4, 0.5) is 15.8 Å². The van der Waals surface area contributed by atoms with E-state index in [0.717, 1.165) is 28.2 Å². The Balaban J connectivity index is 1.69. The van der Waals surface area contributed by atoms with Gasteiger partial charge in [0, 0.05) is 12.7 Å². The summed E-state index contributed by atoms with van der Waals surface area (Å²) in [6.07, 6.45) is 1.88. The van der Waals surface area contributed by atoms with E-state index >= 15 is 0 Å². The smallest absolute Gasteiger partial charge is 0.234 e. The maximum Gasteiger partial charge on any atom is 0.234 e. The lowest BCUT2D eigenvalue weighted by molar-refractivity contribution is -0.113. The van der Waals surface area contributed by atoms with Crippen molar-refractivity contribution in [3.05, 3.63) is 65.7 Å². The molecule has 11 heteroatoms. The first-order valence-electron chi connectivity index (χ1n) is 9.81. The van der Waals surface area contributed by atoms with Gasteiger partial charge in [0.25, 0.3) is 0 Å². The number of halogens is 1. The van der Waals surface area contributed by atoms with Gasteiger partial charge in [-0.3, -0.25) is 9.10 Å². The van der Waals surface area contributed by atoms with Crippen molar-refractivity contribution in [1.29, 1.82) is 0 Å². The van der Waals surface area contributed by atoms with Crippen molar-refractivity contribution in [2.75, 3.05) is 21.6 Å². The van der Waals surface area contributed by atoms with E-state index in [1.54, 1.807) is 11.6 Å². The van der Waals surface area contributed by atoms with Crippen LogP contribution in [0.25, 0.3) is 0 Å². The number of sulfonamides is 1. The number of carbonyl (C=O) groups is 1. The van der Waals surface area contributed by atoms with Gasteiger partial charge in [0.2, 0.25) is 15.9 Å². The molecule has 1 aromatic heterocycles. The van der Waals surface area contributed by atoms with Crippen molar-refractivity contribution in [3.8, 4) is 0 Å². The predicted molar refractivity (Wildman–Crippen MR) is 124 cm³/mol. The fourth-order valence-electron chi connectivity index (χ4n) is 3.01. The molecule has 1 N–H and O–H groups in total. The first-order chi connectivity index (χ1) is 15.2. The number of amides is 1. The SMILES string of the molecule is CCc1ccccc1NC(=O)CSc1nnc(CN(c2ccc(F)cc2)S(C)(=O)=O)n1C. The van der Waals surface area contributed by atoms with Gasteiger partial charge in [-0.15, -0.1) is 10.2 Å². The summed E-state index contributed by atoms with van der Waals surface area (Å²) in [6, 6.07) is 12.8. The van der Waals surface area contributed by atoms with Crippen molar-refractivity contribution in [1.82, 2.24) is 14.8 Å². The van der Waals surface area contributed by atoms with Gasteiger partial charge in [-0.05, 0) is 42.3 Å². The van der Waals surface area contributed by atoms with Crippen LogP contribution >= 0.6 is 11.8 Å². The number of nitrogens with zero attached hydrogens (tertiary/aromatic N) is 4. The number of rotatable bonds is 9. The van der Waals surface area contributed by atoms with E-state index in [4.69, 9.17) is 0 Å². The molecule has 0 saturated heterocycles. The zero-order valence-electron chi connectivity index (χ0n) is 17.9. The Labute approximate surface area is 190 Å². The van der Waals surface area contributed by atoms with Gasteiger partial charge in [-0.2, -0.15) is 0 Å². The lowest BCUT2D eigenvalue weighted by Gasteiger charge is -2.21. The normalized spacial score (nSPS) is 11.4. The summed E-state index contributed by atoms with van der Waals surface area (Å²) in [7, 11) is -1.94. The third-order valence-electron chi connectivity index (χ3n) is 4.73. The maximum absolute atomic E-state index is 13.2. The van der Waals surface area contributed by atoms with Crippen molar-refractivity contribution >= 4 is 39.1 Å². The molecule has 1 heterocycles. The Morgan fingerprint density at radius 2 is 1.84 bits per heavy atom. The van der Waals surface area contributed by atoms with E-state index in [1.165, 1.54) is 36.0 Å². The van der Waals surface area contributed by atoms with Crippen LogP contribution in [0.5, 0.6) is 0 Å². The molecule has 3 rings (SSSR count). The molecule has 0 spiro atoms. The zero-order valence-corrected chi connectivity index (χ0v) is 19.6. The molecular weight excluding hydrogens is 453 g/mol. The van der Waals surface area contributed by atoms with E-state index in [1.807, 2.05) is 31.2 Å². The van der Waals surface area contributed by atoms with Crippen molar-refractivity contribution in [2.24, 2.45) is 7.05 Å². The minimum Gasteiger partial charge on any atom is -0.325 e. The molecule has 0 saturated carbocycles. The number of nitrogens with one attached hydrogen (secondary N) is 1.